The number of aryl methyl sites for hydroxylation is 1. The van der Waals surface area contributed by atoms with Crippen LogP contribution in [-0.4, -0.2) is 14.2 Å². The third-order valence-electron chi connectivity index (χ3n) is 2.24. The predicted octanol–water partition coefficient (Wildman–Crippen LogP) is 2.79. The van der Waals surface area contributed by atoms with Crippen molar-refractivity contribution in [1.82, 2.24) is 0 Å². The van der Waals surface area contributed by atoms with E-state index >= 15 is 0 Å². The lowest BCUT2D eigenvalue weighted by Gasteiger charge is -2.07. The highest BCUT2D eigenvalue weighted by atomic mass is 32.2. The summed E-state index contributed by atoms with van der Waals surface area (Å²) >= 11 is 0. The van der Waals surface area contributed by atoms with Crippen LogP contribution in [0.1, 0.15) is 32.3 Å². The van der Waals surface area contributed by atoms with Crippen LogP contribution in [0.4, 0.5) is 5.69 Å². The summed E-state index contributed by atoms with van der Waals surface area (Å²) in [5.41, 5.74) is 1.88. The lowest BCUT2D eigenvalue weighted by molar-refractivity contribution is 0.600. The first kappa shape index (κ1) is 13.0. The zero-order valence-electron chi connectivity index (χ0n) is 9.86. The highest BCUT2D eigenvalue weighted by molar-refractivity contribution is 7.92. The smallest absolute Gasteiger partial charge is 0.232 e. The van der Waals surface area contributed by atoms with Gasteiger partial charge in [-0.25, -0.2) is 8.42 Å². The highest BCUT2D eigenvalue weighted by Gasteiger charge is 2.07. The third-order valence-corrected chi connectivity index (χ3v) is 3.73. The predicted molar refractivity (Wildman–Crippen MR) is 68.1 cm³/mol. The van der Waals surface area contributed by atoms with Crippen LogP contribution in [0, 0.1) is 0 Å². The second-order valence-corrected chi connectivity index (χ2v) is 5.71. The standard InChI is InChI=1S/C12H19NO2S/c1-3-5-11-6-8-12(9-7-11)13-16(14,15)10-4-2/h6-9,13H,3-5,10H2,1-2H3. The molecule has 0 radical (unpaired) electrons. The Morgan fingerprint density at radius 2 is 1.69 bits per heavy atom. The number of anilines is 1. The van der Waals surface area contributed by atoms with Gasteiger partial charge >= 0.3 is 0 Å². The van der Waals surface area contributed by atoms with Crippen molar-refractivity contribution in [3.63, 3.8) is 0 Å². The van der Waals surface area contributed by atoms with Crippen molar-refractivity contribution in [1.29, 1.82) is 0 Å². The monoisotopic (exact) mass is 241 g/mol. The number of hydrogen-bond acceptors (Lipinski definition) is 2. The zero-order chi connectivity index (χ0) is 12.0. The molecule has 0 amide bonds. The molecule has 0 heterocycles. The molecule has 1 aromatic carbocycles. The average molecular weight is 241 g/mol. The van der Waals surface area contributed by atoms with E-state index in [9.17, 15) is 8.42 Å². The van der Waals surface area contributed by atoms with E-state index in [-0.39, 0.29) is 5.75 Å². The van der Waals surface area contributed by atoms with E-state index in [0.29, 0.717) is 12.1 Å². The molecule has 4 heteroatoms. The van der Waals surface area contributed by atoms with Crippen LogP contribution < -0.4 is 4.72 Å². The second-order valence-electron chi connectivity index (χ2n) is 3.87. The minimum atomic E-state index is -3.16. The average Bonchev–Trinajstić information content (AvgIpc) is 2.21. The Balaban J connectivity index is 2.68. The molecular formula is C12H19NO2S. The largest absolute Gasteiger partial charge is 0.284 e. The molecule has 0 saturated carbocycles. The van der Waals surface area contributed by atoms with Gasteiger partial charge in [0.1, 0.15) is 0 Å². The van der Waals surface area contributed by atoms with Gasteiger partial charge in [0.2, 0.25) is 10.0 Å². The molecule has 3 nitrogen and oxygen atoms in total. The summed E-state index contributed by atoms with van der Waals surface area (Å²) in [6.07, 6.45) is 2.76. The molecule has 0 fully saturated rings. The molecule has 90 valence electrons. The van der Waals surface area contributed by atoms with Gasteiger partial charge in [0.05, 0.1) is 5.75 Å². The molecule has 0 bridgehead atoms. The highest BCUT2D eigenvalue weighted by Crippen LogP contribution is 2.12. The fourth-order valence-electron chi connectivity index (χ4n) is 1.53. The molecule has 0 saturated heterocycles. The zero-order valence-corrected chi connectivity index (χ0v) is 10.7. The summed E-state index contributed by atoms with van der Waals surface area (Å²) in [4.78, 5) is 0. The summed E-state index contributed by atoms with van der Waals surface area (Å²) in [5.74, 6) is 0.170. The molecule has 16 heavy (non-hydrogen) atoms. The van der Waals surface area contributed by atoms with Crippen LogP contribution in [0.5, 0.6) is 0 Å². The van der Waals surface area contributed by atoms with E-state index in [0.717, 1.165) is 12.8 Å². The van der Waals surface area contributed by atoms with Crippen LogP contribution in [0.3, 0.4) is 0 Å². The topological polar surface area (TPSA) is 46.2 Å². The summed E-state index contributed by atoms with van der Waals surface area (Å²) in [7, 11) is -3.16. The molecular weight excluding hydrogens is 222 g/mol. The second kappa shape index (κ2) is 5.89. The summed E-state index contributed by atoms with van der Waals surface area (Å²) < 4.78 is 25.6. The van der Waals surface area contributed by atoms with E-state index in [2.05, 4.69) is 11.6 Å². The van der Waals surface area contributed by atoms with Crippen LogP contribution in [-0.2, 0) is 16.4 Å². The first-order chi connectivity index (χ1) is 7.57. The summed E-state index contributed by atoms with van der Waals surface area (Å²) in [6.45, 7) is 3.97. The molecule has 0 aliphatic heterocycles. The van der Waals surface area contributed by atoms with E-state index in [1.54, 1.807) is 0 Å². The fourth-order valence-corrected chi connectivity index (χ4v) is 2.66. The van der Waals surface area contributed by atoms with Gasteiger partial charge in [0, 0.05) is 5.69 Å². The normalized spacial score (nSPS) is 11.4. The van der Waals surface area contributed by atoms with E-state index in [1.807, 2.05) is 31.2 Å². The van der Waals surface area contributed by atoms with Gasteiger partial charge in [-0.15, -0.1) is 0 Å². The molecule has 0 spiro atoms. The first-order valence-electron chi connectivity index (χ1n) is 5.67. The van der Waals surface area contributed by atoms with Crippen molar-refractivity contribution in [2.45, 2.75) is 33.1 Å². The Kier molecular flexibility index (Phi) is 4.80. The van der Waals surface area contributed by atoms with Gasteiger partial charge in [-0.05, 0) is 30.5 Å². The minimum Gasteiger partial charge on any atom is -0.284 e. The Morgan fingerprint density at radius 1 is 1.06 bits per heavy atom. The maximum Gasteiger partial charge on any atom is 0.232 e. The van der Waals surface area contributed by atoms with Crippen LogP contribution >= 0.6 is 0 Å². The minimum absolute atomic E-state index is 0.170. The molecule has 1 rings (SSSR count). The lowest BCUT2D eigenvalue weighted by Crippen LogP contribution is -2.15. The molecule has 0 aliphatic rings. The first-order valence-corrected chi connectivity index (χ1v) is 7.32. The summed E-state index contributed by atoms with van der Waals surface area (Å²) in [6, 6.07) is 7.57. The lowest BCUT2D eigenvalue weighted by atomic mass is 10.1. The maximum absolute atomic E-state index is 11.5. The molecule has 1 aromatic rings. The Morgan fingerprint density at radius 3 is 2.19 bits per heavy atom. The van der Waals surface area contributed by atoms with Gasteiger partial charge in [0.15, 0.2) is 0 Å². The van der Waals surface area contributed by atoms with Crippen molar-refractivity contribution in [3.8, 4) is 0 Å². The number of hydrogen-bond donors (Lipinski definition) is 1. The SMILES string of the molecule is CCCc1ccc(NS(=O)(=O)CCC)cc1. The van der Waals surface area contributed by atoms with E-state index in [4.69, 9.17) is 0 Å². The Hall–Kier alpha value is -1.03. The number of rotatable bonds is 6. The Labute approximate surface area is 97.9 Å². The van der Waals surface area contributed by atoms with Gasteiger partial charge < -0.3 is 0 Å². The van der Waals surface area contributed by atoms with Crippen LogP contribution in [0.25, 0.3) is 0 Å². The van der Waals surface area contributed by atoms with Crippen LogP contribution in [0.15, 0.2) is 24.3 Å². The molecule has 0 aromatic heterocycles. The maximum atomic E-state index is 11.5. The number of sulfonamides is 1. The van der Waals surface area contributed by atoms with Crippen molar-refractivity contribution >= 4 is 15.7 Å². The quantitative estimate of drug-likeness (QED) is 0.832. The molecule has 0 unspecified atom stereocenters. The van der Waals surface area contributed by atoms with Crippen molar-refractivity contribution in [2.24, 2.45) is 0 Å². The van der Waals surface area contributed by atoms with Crippen molar-refractivity contribution in [3.05, 3.63) is 29.8 Å². The van der Waals surface area contributed by atoms with Crippen molar-refractivity contribution < 1.29 is 8.42 Å². The van der Waals surface area contributed by atoms with E-state index in [1.165, 1.54) is 5.56 Å². The Bertz CT molecular complexity index is 409. The van der Waals surface area contributed by atoms with E-state index < -0.39 is 10.0 Å². The number of nitrogens with one attached hydrogen (secondary N) is 1. The molecule has 1 N–H and O–H groups in total. The third kappa shape index (κ3) is 4.23. The number of benzene rings is 1. The summed E-state index contributed by atoms with van der Waals surface area (Å²) in [5, 5.41) is 0. The molecule has 0 atom stereocenters. The van der Waals surface area contributed by atoms with Gasteiger partial charge in [0.25, 0.3) is 0 Å². The van der Waals surface area contributed by atoms with Crippen molar-refractivity contribution in [2.75, 3.05) is 10.5 Å². The van der Waals surface area contributed by atoms with Gasteiger partial charge in [-0.1, -0.05) is 32.4 Å². The van der Waals surface area contributed by atoms with Crippen LogP contribution in [0.2, 0.25) is 0 Å². The molecule has 0 aliphatic carbocycles. The van der Waals surface area contributed by atoms with Gasteiger partial charge in [-0.3, -0.25) is 4.72 Å². The fraction of sp³-hybridized carbons (Fsp3) is 0.500. The van der Waals surface area contributed by atoms with Gasteiger partial charge in [-0.2, -0.15) is 0 Å².